The van der Waals surface area contributed by atoms with Gasteiger partial charge in [0.2, 0.25) is 0 Å². The molecule has 9 heteroatoms. The number of nitrogen functional groups attached to an aromatic ring is 1. The minimum absolute atomic E-state index is 0.0428. The number of carbonyl (C=O) groups is 1. The fraction of sp³-hybridized carbons (Fsp3) is 0.200. The van der Waals surface area contributed by atoms with Crippen molar-refractivity contribution in [1.82, 2.24) is 15.1 Å². The summed E-state index contributed by atoms with van der Waals surface area (Å²) in [6.45, 7) is 3.79. The highest BCUT2D eigenvalue weighted by Gasteiger charge is 2.22. The molecule has 4 N–H and O–H groups in total. The molecular formula is C20H20ClF2N5O. The molecule has 0 bridgehead atoms. The number of anilines is 2. The summed E-state index contributed by atoms with van der Waals surface area (Å²) in [6, 6.07) is 9.09. The number of amides is 2. The summed E-state index contributed by atoms with van der Waals surface area (Å²) >= 11 is 5.95. The van der Waals surface area contributed by atoms with Crippen LogP contribution in [0.3, 0.4) is 0 Å². The molecule has 29 heavy (non-hydrogen) atoms. The number of halogens is 3. The van der Waals surface area contributed by atoms with Crippen LogP contribution in [0.4, 0.5) is 25.1 Å². The Morgan fingerprint density at radius 2 is 1.93 bits per heavy atom. The number of aromatic nitrogens is 2. The predicted molar refractivity (Wildman–Crippen MR) is 110 cm³/mol. The summed E-state index contributed by atoms with van der Waals surface area (Å²) in [7, 11) is 0. The van der Waals surface area contributed by atoms with Crippen molar-refractivity contribution in [2.24, 2.45) is 0 Å². The second-order valence-corrected chi connectivity index (χ2v) is 6.97. The molecule has 0 aliphatic rings. The average Bonchev–Trinajstić information content (AvgIpc) is 3.00. The topological polar surface area (TPSA) is 85.0 Å². The number of hydrogen-bond acceptors (Lipinski definition) is 3. The number of carbonyl (C=O) groups excluding carboxylic acids is 1. The van der Waals surface area contributed by atoms with Crippen LogP contribution in [0.5, 0.6) is 0 Å². The van der Waals surface area contributed by atoms with Gasteiger partial charge < -0.3 is 16.4 Å². The van der Waals surface area contributed by atoms with Crippen LogP contribution in [-0.2, 0) is 0 Å². The van der Waals surface area contributed by atoms with Gasteiger partial charge in [0.15, 0.2) is 5.82 Å². The Hall–Kier alpha value is -3.13. The molecule has 2 aromatic carbocycles. The largest absolute Gasteiger partial charge is 0.382 e. The highest BCUT2D eigenvalue weighted by atomic mass is 35.5. The van der Waals surface area contributed by atoms with Gasteiger partial charge >= 0.3 is 6.03 Å². The molecule has 6 nitrogen and oxygen atoms in total. The molecule has 0 aliphatic carbocycles. The third-order valence-electron chi connectivity index (χ3n) is 4.40. The van der Waals surface area contributed by atoms with Gasteiger partial charge in [-0.15, -0.1) is 0 Å². The number of benzene rings is 2. The van der Waals surface area contributed by atoms with E-state index in [9.17, 15) is 13.6 Å². The molecule has 2 amide bonds. The molecule has 1 unspecified atom stereocenters. The molecule has 0 aliphatic heterocycles. The van der Waals surface area contributed by atoms with E-state index in [4.69, 9.17) is 17.3 Å². The number of rotatable bonds is 5. The fourth-order valence-electron chi connectivity index (χ4n) is 2.67. The Morgan fingerprint density at radius 3 is 2.59 bits per heavy atom. The van der Waals surface area contributed by atoms with E-state index in [2.05, 4.69) is 15.7 Å². The van der Waals surface area contributed by atoms with Crippen LogP contribution < -0.4 is 16.4 Å². The fourth-order valence-corrected chi connectivity index (χ4v) is 2.80. The molecule has 0 fully saturated rings. The molecule has 0 saturated heterocycles. The van der Waals surface area contributed by atoms with E-state index in [-0.39, 0.29) is 23.2 Å². The first-order valence-corrected chi connectivity index (χ1v) is 9.35. The first-order chi connectivity index (χ1) is 13.8. The van der Waals surface area contributed by atoms with Gasteiger partial charge in [0.05, 0.1) is 0 Å². The van der Waals surface area contributed by atoms with Crippen LogP contribution in [0.2, 0.25) is 5.02 Å². The summed E-state index contributed by atoms with van der Waals surface area (Å²) in [5, 5.41) is 10.3. The standard InChI is InChI=1S/C20H20ClF2N5O/c1-3-11(2)25-20(29)26-18-17(12-4-6-13(21)7-5-12)27-28(19(18)24)16-10-14(22)8-9-15(16)23/h4-11H,3,24H2,1-2H3,(H2,25,26,29). The molecule has 1 atom stereocenters. The lowest BCUT2D eigenvalue weighted by atomic mass is 10.1. The molecule has 152 valence electrons. The third-order valence-corrected chi connectivity index (χ3v) is 4.66. The first-order valence-electron chi connectivity index (χ1n) is 8.97. The van der Waals surface area contributed by atoms with E-state index >= 15 is 0 Å². The van der Waals surface area contributed by atoms with Gasteiger partial charge in [0, 0.05) is 22.7 Å². The molecule has 1 heterocycles. The van der Waals surface area contributed by atoms with Crippen molar-refractivity contribution in [3.05, 3.63) is 59.1 Å². The van der Waals surface area contributed by atoms with Crippen LogP contribution >= 0.6 is 11.6 Å². The van der Waals surface area contributed by atoms with E-state index in [0.29, 0.717) is 16.3 Å². The van der Waals surface area contributed by atoms with Crippen LogP contribution in [0.15, 0.2) is 42.5 Å². The highest BCUT2D eigenvalue weighted by Crippen LogP contribution is 2.35. The Balaban J connectivity index is 2.11. The molecule has 0 radical (unpaired) electrons. The Kier molecular flexibility index (Phi) is 6.03. The molecule has 0 spiro atoms. The Bertz CT molecular complexity index is 1040. The maximum atomic E-state index is 14.3. The van der Waals surface area contributed by atoms with Gasteiger partial charge in [-0.1, -0.05) is 30.7 Å². The van der Waals surface area contributed by atoms with Gasteiger partial charge in [-0.2, -0.15) is 5.10 Å². The average molecular weight is 420 g/mol. The van der Waals surface area contributed by atoms with Crippen molar-refractivity contribution in [3.63, 3.8) is 0 Å². The van der Waals surface area contributed by atoms with Crippen LogP contribution in [0.1, 0.15) is 20.3 Å². The molecule has 3 aromatic rings. The lowest BCUT2D eigenvalue weighted by Crippen LogP contribution is -2.35. The smallest absolute Gasteiger partial charge is 0.319 e. The number of nitrogens with two attached hydrogens (primary N) is 1. The summed E-state index contributed by atoms with van der Waals surface area (Å²) in [6.07, 6.45) is 0.737. The van der Waals surface area contributed by atoms with Crippen LogP contribution in [0, 0.1) is 11.6 Å². The maximum absolute atomic E-state index is 14.3. The first kappa shape index (κ1) is 20.6. The van der Waals surface area contributed by atoms with E-state index in [1.54, 1.807) is 24.3 Å². The summed E-state index contributed by atoms with van der Waals surface area (Å²) in [5.41, 5.74) is 7.07. The van der Waals surface area contributed by atoms with Crippen molar-refractivity contribution >= 4 is 29.1 Å². The van der Waals surface area contributed by atoms with E-state index in [1.165, 1.54) is 0 Å². The Labute approximate surface area is 171 Å². The highest BCUT2D eigenvalue weighted by molar-refractivity contribution is 6.30. The van der Waals surface area contributed by atoms with Crippen molar-refractivity contribution in [3.8, 4) is 16.9 Å². The molecule has 3 rings (SSSR count). The SMILES string of the molecule is CCC(C)NC(=O)Nc1c(-c2ccc(Cl)cc2)nn(-c2cc(F)ccc2F)c1N. The van der Waals surface area contributed by atoms with Gasteiger partial charge in [0.1, 0.15) is 28.7 Å². The van der Waals surface area contributed by atoms with Crippen molar-refractivity contribution < 1.29 is 13.6 Å². The summed E-state index contributed by atoms with van der Waals surface area (Å²) < 4.78 is 29.1. The van der Waals surface area contributed by atoms with Gasteiger partial charge in [-0.05, 0) is 37.6 Å². The van der Waals surface area contributed by atoms with Crippen molar-refractivity contribution in [1.29, 1.82) is 0 Å². The number of hydrogen-bond donors (Lipinski definition) is 3. The number of nitrogens with one attached hydrogen (secondary N) is 2. The predicted octanol–water partition coefficient (Wildman–Crippen LogP) is 4.97. The zero-order valence-electron chi connectivity index (χ0n) is 15.8. The van der Waals surface area contributed by atoms with E-state index in [1.807, 2.05) is 13.8 Å². The summed E-state index contributed by atoms with van der Waals surface area (Å²) in [5.74, 6) is -1.40. The monoisotopic (exact) mass is 419 g/mol. The van der Waals surface area contributed by atoms with Crippen molar-refractivity contribution in [2.75, 3.05) is 11.1 Å². The van der Waals surface area contributed by atoms with E-state index < -0.39 is 17.7 Å². The second kappa shape index (κ2) is 8.48. The lowest BCUT2D eigenvalue weighted by Gasteiger charge is -2.13. The van der Waals surface area contributed by atoms with Gasteiger partial charge in [-0.3, -0.25) is 0 Å². The zero-order chi connectivity index (χ0) is 21.1. The van der Waals surface area contributed by atoms with Gasteiger partial charge in [0.25, 0.3) is 0 Å². The minimum Gasteiger partial charge on any atom is -0.382 e. The zero-order valence-corrected chi connectivity index (χ0v) is 16.6. The van der Waals surface area contributed by atoms with Crippen LogP contribution in [-0.4, -0.2) is 21.9 Å². The molecular weight excluding hydrogens is 400 g/mol. The minimum atomic E-state index is -0.709. The normalized spacial score (nSPS) is 11.9. The molecule has 0 saturated carbocycles. The molecule has 1 aromatic heterocycles. The quantitative estimate of drug-likeness (QED) is 0.545. The van der Waals surface area contributed by atoms with Crippen LogP contribution in [0.25, 0.3) is 16.9 Å². The Morgan fingerprint density at radius 1 is 1.24 bits per heavy atom. The van der Waals surface area contributed by atoms with E-state index in [0.717, 1.165) is 29.3 Å². The maximum Gasteiger partial charge on any atom is 0.319 e. The summed E-state index contributed by atoms with van der Waals surface area (Å²) in [4.78, 5) is 12.4. The third kappa shape index (κ3) is 4.48. The second-order valence-electron chi connectivity index (χ2n) is 6.53. The van der Waals surface area contributed by atoms with Gasteiger partial charge in [-0.25, -0.2) is 18.3 Å². The van der Waals surface area contributed by atoms with Crippen molar-refractivity contribution in [2.45, 2.75) is 26.3 Å². The lowest BCUT2D eigenvalue weighted by molar-refractivity contribution is 0.249. The number of urea groups is 1. The number of nitrogens with zero attached hydrogens (tertiary/aromatic N) is 2.